The molecule has 0 aromatic carbocycles. The molecule has 2 atom stereocenters. The summed E-state index contributed by atoms with van der Waals surface area (Å²) in [7, 11) is 6.58. The van der Waals surface area contributed by atoms with E-state index >= 15 is 0 Å². The summed E-state index contributed by atoms with van der Waals surface area (Å²) in [6.45, 7) is 8.69. The first-order valence-corrected chi connectivity index (χ1v) is 8.14. The Balaban J connectivity index is 2.13. The fourth-order valence-corrected chi connectivity index (χ4v) is 3.43. The molecule has 2 unspecified atom stereocenters. The molecule has 0 saturated carbocycles. The standard InChI is InChI=1S/C16H31N5/c1-6-21-14(10-13(2)18-21)11-15(17-3)16-12-19(4)8-7-9-20(16)5/h10,15-17H,6-9,11-12H2,1-5H3. The summed E-state index contributed by atoms with van der Waals surface area (Å²) in [5, 5.41) is 8.13. The summed E-state index contributed by atoms with van der Waals surface area (Å²) in [6, 6.07) is 3.23. The SMILES string of the molecule is CCn1nc(C)cc1CC(NC)C1CN(C)CCCN1C. The first-order chi connectivity index (χ1) is 10.0. The first kappa shape index (κ1) is 16.5. The van der Waals surface area contributed by atoms with E-state index in [1.807, 2.05) is 0 Å². The van der Waals surface area contributed by atoms with Crippen LogP contribution in [0.2, 0.25) is 0 Å². The monoisotopic (exact) mass is 293 g/mol. The van der Waals surface area contributed by atoms with Crippen molar-refractivity contribution in [3.05, 3.63) is 17.5 Å². The van der Waals surface area contributed by atoms with Gasteiger partial charge < -0.3 is 15.1 Å². The van der Waals surface area contributed by atoms with Crippen molar-refractivity contribution in [3.8, 4) is 0 Å². The number of nitrogens with one attached hydrogen (secondary N) is 1. The van der Waals surface area contributed by atoms with Gasteiger partial charge in [-0.3, -0.25) is 4.68 Å². The maximum absolute atomic E-state index is 4.58. The number of nitrogens with zero attached hydrogens (tertiary/aromatic N) is 4. The van der Waals surface area contributed by atoms with E-state index in [-0.39, 0.29) is 0 Å². The van der Waals surface area contributed by atoms with Gasteiger partial charge in [0.25, 0.3) is 0 Å². The molecule has 2 heterocycles. The van der Waals surface area contributed by atoms with Gasteiger partial charge in [-0.05, 0) is 60.6 Å². The average Bonchev–Trinajstić information content (AvgIpc) is 2.72. The number of rotatable bonds is 5. The molecule has 1 saturated heterocycles. The van der Waals surface area contributed by atoms with Gasteiger partial charge in [-0.1, -0.05) is 0 Å². The van der Waals surface area contributed by atoms with E-state index in [0.717, 1.165) is 25.2 Å². The van der Waals surface area contributed by atoms with E-state index in [0.29, 0.717) is 12.1 Å². The maximum Gasteiger partial charge on any atom is 0.0596 e. The Labute approximate surface area is 129 Å². The second kappa shape index (κ2) is 7.38. The smallest absolute Gasteiger partial charge is 0.0596 e. The molecule has 21 heavy (non-hydrogen) atoms. The lowest BCUT2D eigenvalue weighted by Crippen LogP contribution is -2.52. The number of hydrogen-bond donors (Lipinski definition) is 1. The van der Waals surface area contributed by atoms with Gasteiger partial charge in [-0.15, -0.1) is 0 Å². The Hall–Kier alpha value is -0.910. The van der Waals surface area contributed by atoms with Crippen LogP contribution in [0.1, 0.15) is 24.7 Å². The molecule has 1 aliphatic rings. The highest BCUT2D eigenvalue weighted by Gasteiger charge is 2.28. The van der Waals surface area contributed by atoms with E-state index < -0.39 is 0 Å². The van der Waals surface area contributed by atoms with Crippen LogP contribution in [-0.2, 0) is 13.0 Å². The van der Waals surface area contributed by atoms with Gasteiger partial charge in [0.2, 0.25) is 0 Å². The van der Waals surface area contributed by atoms with Crippen molar-refractivity contribution in [2.24, 2.45) is 0 Å². The summed E-state index contributed by atoms with van der Waals surface area (Å²) in [5.41, 5.74) is 2.46. The minimum Gasteiger partial charge on any atom is -0.315 e. The van der Waals surface area contributed by atoms with Crippen molar-refractivity contribution in [1.82, 2.24) is 24.9 Å². The predicted molar refractivity (Wildman–Crippen MR) is 87.7 cm³/mol. The summed E-state index contributed by atoms with van der Waals surface area (Å²) >= 11 is 0. The highest BCUT2D eigenvalue weighted by Crippen LogP contribution is 2.15. The van der Waals surface area contributed by atoms with Gasteiger partial charge in [-0.25, -0.2) is 0 Å². The maximum atomic E-state index is 4.58. The van der Waals surface area contributed by atoms with Crippen molar-refractivity contribution < 1.29 is 0 Å². The lowest BCUT2D eigenvalue weighted by Gasteiger charge is -2.34. The Kier molecular flexibility index (Phi) is 5.79. The van der Waals surface area contributed by atoms with Gasteiger partial charge in [-0.2, -0.15) is 5.10 Å². The molecule has 1 fully saturated rings. The zero-order valence-corrected chi connectivity index (χ0v) is 14.3. The zero-order chi connectivity index (χ0) is 15.4. The highest BCUT2D eigenvalue weighted by atomic mass is 15.3. The molecular formula is C16H31N5. The number of hydrogen-bond acceptors (Lipinski definition) is 4. The Morgan fingerprint density at radius 2 is 2.14 bits per heavy atom. The van der Waals surface area contributed by atoms with Crippen LogP contribution >= 0.6 is 0 Å². The van der Waals surface area contributed by atoms with Crippen molar-refractivity contribution >= 4 is 0 Å². The van der Waals surface area contributed by atoms with Crippen molar-refractivity contribution in [2.75, 3.05) is 40.8 Å². The average molecular weight is 293 g/mol. The summed E-state index contributed by atoms with van der Waals surface area (Å²) < 4.78 is 2.14. The topological polar surface area (TPSA) is 36.3 Å². The van der Waals surface area contributed by atoms with E-state index in [9.17, 15) is 0 Å². The van der Waals surface area contributed by atoms with Gasteiger partial charge >= 0.3 is 0 Å². The van der Waals surface area contributed by atoms with Crippen LogP contribution < -0.4 is 5.32 Å². The van der Waals surface area contributed by atoms with Crippen LogP contribution in [0.15, 0.2) is 6.07 Å². The molecule has 1 N–H and O–H groups in total. The molecule has 1 aromatic rings. The molecule has 0 amide bonds. The highest BCUT2D eigenvalue weighted by molar-refractivity contribution is 5.11. The van der Waals surface area contributed by atoms with Crippen molar-refractivity contribution in [1.29, 1.82) is 0 Å². The molecule has 0 radical (unpaired) electrons. The largest absolute Gasteiger partial charge is 0.315 e. The zero-order valence-electron chi connectivity index (χ0n) is 14.3. The number of likely N-dealkylation sites (N-methyl/N-ethyl adjacent to an activating group) is 3. The molecule has 1 aliphatic heterocycles. The van der Waals surface area contributed by atoms with E-state index in [4.69, 9.17) is 0 Å². The third kappa shape index (κ3) is 4.05. The molecular weight excluding hydrogens is 262 g/mol. The van der Waals surface area contributed by atoms with Crippen LogP contribution in [0.25, 0.3) is 0 Å². The minimum atomic E-state index is 0.456. The van der Waals surface area contributed by atoms with Crippen molar-refractivity contribution in [2.45, 2.75) is 45.3 Å². The fraction of sp³-hybridized carbons (Fsp3) is 0.812. The molecule has 1 aromatic heterocycles. The van der Waals surface area contributed by atoms with Crippen molar-refractivity contribution in [3.63, 3.8) is 0 Å². The quantitative estimate of drug-likeness (QED) is 0.878. The Morgan fingerprint density at radius 1 is 1.38 bits per heavy atom. The molecule has 2 rings (SSSR count). The third-order valence-electron chi connectivity index (χ3n) is 4.66. The van der Waals surface area contributed by atoms with E-state index in [1.165, 1.54) is 25.2 Å². The van der Waals surface area contributed by atoms with Crippen LogP contribution in [0.3, 0.4) is 0 Å². The summed E-state index contributed by atoms with van der Waals surface area (Å²) in [5.74, 6) is 0. The summed E-state index contributed by atoms with van der Waals surface area (Å²) in [6.07, 6.45) is 2.29. The van der Waals surface area contributed by atoms with Gasteiger partial charge in [0.15, 0.2) is 0 Å². The first-order valence-electron chi connectivity index (χ1n) is 8.14. The molecule has 0 bridgehead atoms. The van der Waals surface area contributed by atoms with Crippen LogP contribution in [0.4, 0.5) is 0 Å². The minimum absolute atomic E-state index is 0.456. The van der Waals surface area contributed by atoms with Gasteiger partial charge in [0.05, 0.1) is 5.69 Å². The lowest BCUT2D eigenvalue weighted by molar-refractivity contribution is 0.180. The third-order valence-corrected chi connectivity index (χ3v) is 4.66. The predicted octanol–water partition coefficient (Wildman–Crippen LogP) is 0.978. The Morgan fingerprint density at radius 3 is 2.81 bits per heavy atom. The van der Waals surface area contributed by atoms with Gasteiger partial charge in [0.1, 0.15) is 0 Å². The Bertz CT molecular complexity index is 442. The second-order valence-corrected chi connectivity index (χ2v) is 6.36. The van der Waals surface area contributed by atoms with Crippen LogP contribution in [-0.4, -0.2) is 72.4 Å². The molecule has 120 valence electrons. The molecule has 5 heteroatoms. The molecule has 5 nitrogen and oxygen atoms in total. The van der Waals surface area contributed by atoms with E-state index in [2.05, 4.69) is 66.0 Å². The normalized spacial score (nSPS) is 23.2. The van der Waals surface area contributed by atoms with Gasteiger partial charge in [0, 0.05) is 37.3 Å². The van der Waals surface area contributed by atoms with E-state index in [1.54, 1.807) is 0 Å². The molecule has 0 aliphatic carbocycles. The van der Waals surface area contributed by atoms with Crippen LogP contribution in [0.5, 0.6) is 0 Å². The van der Waals surface area contributed by atoms with Crippen LogP contribution in [0, 0.1) is 6.92 Å². The summed E-state index contributed by atoms with van der Waals surface area (Å²) in [4.78, 5) is 4.98. The second-order valence-electron chi connectivity index (χ2n) is 6.36. The number of aryl methyl sites for hydroxylation is 2. The number of aromatic nitrogens is 2. The fourth-order valence-electron chi connectivity index (χ4n) is 3.43. The lowest BCUT2D eigenvalue weighted by atomic mass is 10.0. The molecule has 0 spiro atoms.